The van der Waals surface area contributed by atoms with Gasteiger partial charge >= 0.3 is 6.09 Å². The molecule has 104 valence electrons. The van der Waals surface area contributed by atoms with E-state index in [4.69, 9.17) is 21.7 Å². The van der Waals surface area contributed by atoms with Crippen molar-refractivity contribution in [3.8, 4) is 5.75 Å². The third-order valence-corrected chi connectivity index (χ3v) is 2.93. The molecule has 0 N–H and O–H groups in total. The van der Waals surface area contributed by atoms with Gasteiger partial charge in [0.25, 0.3) is 0 Å². The zero-order valence-electron chi connectivity index (χ0n) is 11.5. The van der Waals surface area contributed by atoms with Gasteiger partial charge in [-0.1, -0.05) is 37.3 Å². The zero-order chi connectivity index (χ0) is 14.3. The summed E-state index contributed by atoms with van der Waals surface area (Å²) < 4.78 is 10.7. The second-order valence-electron chi connectivity index (χ2n) is 3.85. The van der Waals surface area contributed by atoms with E-state index in [2.05, 4.69) is 0 Å². The Hall–Kier alpha value is -1.62. The number of thiocarbonyl (C=S) groups is 1. The molecule has 1 aromatic rings. The van der Waals surface area contributed by atoms with E-state index in [1.165, 1.54) is 4.90 Å². The van der Waals surface area contributed by atoms with Gasteiger partial charge in [0.15, 0.2) is 6.23 Å². The van der Waals surface area contributed by atoms with Gasteiger partial charge in [-0.3, -0.25) is 0 Å². The fourth-order valence-corrected chi connectivity index (χ4v) is 1.79. The molecule has 0 aliphatic rings. The lowest BCUT2D eigenvalue weighted by atomic mass is 10.3. The van der Waals surface area contributed by atoms with Crippen LogP contribution in [-0.2, 0) is 4.74 Å². The van der Waals surface area contributed by atoms with E-state index in [9.17, 15) is 4.79 Å². The van der Waals surface area contributed by atoms with E-state index in [1.54, 1.807) is 13.8 Å². The molecule has 0 heterocycles. The number of nitrogens with zero attached hydrogens (tertiary/aromatic N) is 1. The molecule has 0 spiro atoms. The summed E-state index contributed by atoms with van der Waals surface area (Å²) in [6, 6.07) is 9.30. The predicted octanol–water partition coefficient (Wildman–Crippen LogP) is 3.61. The minimum atomic E-state index is -0.506. The van der Waals surface area contributed by atoms with E-state index >= 15 is 0 Å². The highest BCUT2D eigenvalue weighted by Gasteiger charge is 2.25. The Labute approximate surface area is 119 Å². The summed E-state index contributed by atoms with van der Waals surface area (Å²) >= 11 is 5.20. The monoisotopic (exact) mass is 281 g/mol. The minimum absolute atomic E-state index is 0.305. The Morgan fingerprint density at radius 1 is 1.32 bits per heavy atom. The topological polar surface area (TPSA) is 38.8 Å². The maximum absolute atomic E-state index is 11.9. The quantitative estimate of drug-likeness (QED) is 0.610. The summed E-state index contributed by atoms with van der Waals surface area (Å²) in [5.74, 6) is 0.684. The Morgan fingerprint density at radius 3 is 2.47 bits per heavy atom. The molecule has 0 bridgehead atoms. The van der Waals surface area contributed by atoms with E-state index in [1.807, 2.05) is 37.3 Å². The Kier molecular flexibility index (Phi) is 6.29. The molecule has 4 nitrogen and oxygen atoms in total. The van der Waals surface area contributed by atoms with Crippen molar-refractivity contribution < 1.29 is 14.3 Å². The number of carbonyl (C=O) groups is 1. The molecule has 1 amide bonds. The van der Waals surface area contributed by atoms with Gasteiger partial charge in [-0.15, -0.1) is 0 Å². The molecule has 0 radical (unpaired) electrons. The first-order chi connectivity index (χ1) is 9.10. The van der Waals surface area contributed by atoms with Crippen LogP contribution in [0.15, 0.2) is 30.3 Å². The fourth-order valence-electron chi connectivity index (χ4n) is 1.57. The normalized spacial score (nSPS) is 11.5. The van der Waals surface area contributed by atoms with E-state index in [0.717, 1.165) is 0 Å². The average Bonchev–Trinajstić information content (AvgIpc) is 2.40. The van der Waals surface area contributed by atoms with Crippen molar-refractivity contribution >= 4 is 23.3 Å². The van der Waals surface area contributed by atoms with Crippen molar-refractivity contribution in [2.75, 3.05) is 6.61 Å². The van der Waals surface area contributed by atoms with Crippen LogP contribution in [0, 0.1) is 0 Å². The van der Waals surface area contributed by atoms with Crippen LogP contribution in [0.4, 0.5) is 4.79 Å². The van der Waals surface area contributed by atoms with Gasteiger partial charge in [0.1, 0.15) is 5.75 Å². The molecule has 0 saturated heterocycles. The van der Waals surface area contributed by atoms with E-state index in [-0.39, 0.29) is 0 Å². The number of rotatable bonds is 5. The van der Waals surface area contributed by atoms with Crippen LogP contribution >= 0.6 is 12.2 Å². The van der Waals surface area contributed by atoms with Crippen LogP contribution in [0.2, 0.25) is 0 Å². The van der Waals surface area contributed by atoms with Gasteiger partial charge in [0.2, 0.25) is 0 Å². The third kappa shape index (κ3) is 4.52. The Balaban J connectivity index is 2.79. The molecule has 19 heavy (non-hydrogen) atoms. The van der Waals surface area contributed by atoms with Crippen LogP contribution in [0.5, 0.6) is 5.75 Å². The van der Waals surface area contributed by atoms with Crippen molar-refractivity contribution in [3.63, 3.8) is 0 Å². The summed E-state index contributed by atoms with van der Waals surface area (Å²) in [4.78, 5) is 13.8. The van der Waals surface area contributed by atoms with Gasteiger partial charge < -0.3 is 9.47 Å². The van der Waals surface area contributed by atoms with Crippen LogP contribution < -0.4 is 4.74 Å². The van der Waals surface area contributed by atoms with E-state index in [0.29, 0.717) is 23.8 Å². The fraction of sp³-hybridized carbons (Fsp3) is 0.429. The number of para-hydroxylation sites is 1. The van der Waals surface area contributed by atoms with Crippen LogP contribution in [-0.4, -0.2) is 28.8 Å². The van der Waals surface area contributed by atoms with Crippen molar-refractivity contribution in [1.29, 1.82) is 0 Å². The van der Waals surface area contributed by atoms with Crippen LogP contribution in [0.25, 0.3) is 0 Å². The largest absolute Gasteiger partial charge is 0.470 e. The SMILES string of the molecule is CCOC(=O)N(C(=S)CC)C(C)Oc1ccccc1. The average molecular weight is 281 g/mol. The molecule has 0 aliphatic heterocycles. The summed E-state index contributed by atoms with van der Waals surface area (Å²) in [7, 11) is 0. The first-order valence-corrected chi connectivity index (χ1v) is 6.71. The smallest absolute Gasteiger partial charge is 0.417 e. The summed E-state index contributed by atoms with van der Waals surface area (Å²) in [6.07, 6.45) is -0.400. The highest BCUT2D eigenvalue weighted by molar-refractivity contribution is 7.80. The van der Waals surface area contributed by atoms with Crippen LogP contribution in [0.1, 0.15) is 27.2 Å². The summed E-state index contributed by atoms with van der Waals surface area (Å²) in [5.41, 5.74) is 0. The molecule has 0 aliphatic carbocycles. The van der Waals surface area contributed by atoms with E-state index < -0.39 is 12.3 Å². The Bertz CT molecular complexity index is 422. The second-order valence-corrected chi connectivity index (χ2v) is 4.32. The van der Waals surface area contributed by atoms with Gasteiger partial charge in [-0.05, 0) is 32.4 Å². The van der Waals surface area contributed by atoms with Gasteiger partial charge in [0.05, 0.1) is 11.6 Å². The van der Waals surface area contributed by atoms with Crippen molar-refractivity contribution in [1.82, 2.24) is 4.90 Å². The molecule has 5 heteroatoms. The number of amides is 1. The standard InChI is InChI=1S/C14H19NO3S/c1-4-13(19)15(14(16)17-5-2)11(3)18-12-9-7-6-8-10-12/h6-11H,4-5H2,1-3H3. The van der Waals surface area contributed by atoms with Crippen molar-refractivity contribution in [3.05, 3.63) is 30.3 Å². The second kappa shape index (κ2) is 7.74. The number of hydrogen-bond donors (Lipinski definition) is 0. The summed E-state index contributed by atoms with van der Waals surface area (Å²) in [5, 5.41) is 0. The number of benzene rings is 1. The zero-order valence-corrected chi connectivity index (χ0v) is 12.3. The molecular formula is C14H19NO3S. The van der Waals surface area contributed by atoms with Crippen LogP contribution in [0.3, 0.4) is 0 Å². The third-order valence-electron chi connectivity index (χ3n) is 2.45. The lowest BCUT2D eigenvalue weighted by Gasteiger charge is -2.28. The molecular weight excluding hydrogens is 262 g/mol. The maximum Gasteiger partial charge on any atom is 0.417 e. The number of ether oxygens (including phenoxy) is 2. The number of carbonyl (C=O) groups excluding carboxylic acids is 1. The molecule has 1 atom stereocenters. The Morgan fingerprint density at radius 2 is 1.95 bits per heavy atom. The highest BCUT2D eigenvalue weighted by atomic mass is 32.1. The van der Waals surface area contributed by atoms with Crippen molar-refractivity contribution in [2.24, 2.45) is 0 Å². The first kappa shape index (κ1) is 15.4. The van der Waals surface area contributed by atoms with Gasteiger partial charge in [-0.25, -0.2) is 9.69 Å². The molecule has 1 aromatic carbocycles. The molecule has 1 unspecified atom stereocenters. The van der Waals surface area contributed by atoms with Gasteiger partial charge in [0, 0.05) is 0 Å². The van der Waals surface area contributed by atoms with Gasteiger partial charge in [-0.2, -0.15) is 0 Å². The predicted molar refractivity (Wildman–Crippen MR) is 78.3 cm³/mol. The molecule has 1 rings (SSSR count). The molecule has 0 aromatic heterocycles. The lowest BCUT2D eigenvalue weighted by Crippen LogP contribution is -2.45. The first-order valence-electron chi connectivity index (χ1n) is 6.30. The molecule has 0 saturated carbocycles. The number of hydrogen-bond acceptors (Lipinski definition) is 4. The summed E-state index contributed by atoms with van der Waals surface area (Å²) in [6.45, 7) is 5.73. The highest BCUT2D eigenvalue weighted by Crippen LogP contribution is 2.15. The maximum atomic E-state index is 11.9. The lowest BCUT2D eigenvalue weighted by molar-refractivity contribution is 0.0642. The van der Waals surface area contributed by atoms with Crippen molar-refractivity contribution in [2.45, 2.75) is 33.4 Å². The minimum Gasteiger partial charge on any atom is -0.470 e. The molecule has 0 fully saturated rings.